The minimum Gasteiger partial charge on any atom is -0.396 e. The van der Waals surface area contributed by atoms with E-state index in [9.17, 15) is 0 Å². The molecule has 0 aliphatic rings. The second kappa shape index (κ2) is 6.53. The Morgan fingerprint density at radius 2 is 2.07 bits per heavy atom. The molecule has 5 nitrogen and oxygen atoms in total. The summed E-state index contributed by atoms with van der Waals surface area (Å²) in [4.78, 5) is 3.89. The Morgan fingerprint density at radius 3 is 2.67 bits per heavy atom. The number of aliphatic hydroxyl groups excluding tert-OH is 1. The first-order valence-corrected chi connectivity index (χ1v) is 5.41. The Bertz CT molecular complexity index is 250. The first-order chi connectivity index (χ1) is 7.22. The molecular weight excluding hydrogens is 192 g/mol. The Morgan fingerprint density at radius 1 is 1.33 bits per heavy atom. The molecule has 15 heavy (non-hydrogen) atoms. The number of aryl methyl sites for hydroxylation is 1. The van der Waals surface area contributed by atoms with Crippen LogP contribution >= 0.6 is 0 Å². The first kappa shape index (κ1) is 12.1. The normalized spacial score (nSPS) is 15.1. The lowest BCUT2D eigenvalue weighted by Gasteiger charge is -2.19. The Labute approximate surface area is 90.5 Å². The Balaban J connectivity index is 2.15. The second-order valence-corrected chi connectivity index (χ2v) is 3.93. The van der Waals surface area contributed by atoms with Gasteiger partial charge in [-0.15, -0.1) is 0 Å². The summed E-state index contributed by atoms with van der Waals surface area (Å²) in [5, 5.41) is 16.2. The summed E-state index contributed by atoms with van der Waals surface area (Å²) < 4.78 is 1.83. The van der Waals surface area contributed by atoms with Gasteiger partial charge >= 0.3 is 0 Å². The van der Waals surface area contributed by atoms with Crippen molar-refractivity contribution in [1.29, 1.82) is 0 Å². The second-order valence-electron chi connectivity index (χ2n) is 3.93. The number of nitrogens with one attached hydrogen (secondary N) is 1. The summed E-state index contributed by atoms with van der Waals surface area (Å²) in [6.07, 6.45) is 5.09. The van der Waals surface area contributed by atoms with Crippen LogP contribution in [0.5, 0.6) is 0 Å². The van der Waals surface area contributed by atoms with Crippen LogP contribution < -0.4 is 5.32 Å². The molecule has 0 radical (unpaired) electrons. The molecule has 0 aromatic carbocycles. The van der Waals surface area contributed by atoms with Crippen LogP contribution in [0.15, 0.2) is 12.7 Å². The zero-order valence-corrected chi connectivity index (χ0v) is 9.43. The van der Waals surface area contributed by atoms with Crippen molar-refractivity contribution in [3.05, 3.63) is 12.7 Å². The molecule has 0 fully saturated rings. The molecule has 2 atom stereocenters. The highest BCUT2D eigenvalue weighted by Crippen LogP contribution is 1.98. The quantitative estimate of drug-likeness (QED) is 0.687. The van der Waals surface area contributed by atoms with Crippen LogP contribution in [0.1, 0.15) is 26.7 Å². The average Bonchev–Trinajstić information content (AvgIpc) is 2.67. The van der Waals surface area contributed by atoms with E-state index in [0.29, 0.717) is 12.1 Å². The van der Waals surface area contributed by atoms with Gasteiger partial charge in [-0.1, -0.05) is 0 Å². The minimum atomic E-state index is 0.240. The number of nitrogens with zero attached hydrogens (tertiary/aromatic N) is 3. The molecule has 2 N–H and O–H groups in total. The zero-order chi connectivity index (χ0) is 11.1. The molecule has 1 heterocycles. The zero-order valence-electron chi connectivity index (χ0n) is 9.43. The van der Waals surface area contributed by atoms with Gasteiger partial charge in [-0.3, -0.25) is 4.68 Å². The van der Waals surface area contributed by atoms with Crippen LogP contribution in [0, 0.1) is 0 Å². The van der Waals surface area contributed by atoms with Crippen molar-refractivity contribution in [2.24, 2.45) is 0 Å². The third-order valence-corrected chi connectivity index (χ3v) is 2.39. The summed E-state index contributed by atoms with van der Waals surface area (Å²) in [6.45, 7) is 5.34. The fourth-order valence-corrected chi connectivity index (χ4v) is 1.52. The summed E-state index contributed by atoms with van der Waals surface area (Å²) in [7, 11) is 0. The Hall–Kier alpha value is -0.940. The van der Waals surface area contributed by atoms with Gasteiger partial charge in [0.1, 0.15) is 12.7 Å². The molecule has 0 aliphatic carbocycles. The highest BCUT2D eigenvalue weighted by molar-refractivity contribution is 4.68. The van der Waals surface area contributed by atoms with Gasteiger partial charge in [0.25, 0.3) is 0 Å². The number of hydrogen-bond acceptors (Lipinski definition) is 4. The molecule has 0 saturated carbocycles. The molecule has 1 rings (SSSR count). The van der Waals surface area contributed by atoms with Crippen molar-refractivity contribution in [1.82, 2.24) is 20.1 Å². The number of rotatable bonds is 7. The maximum absolute atomic E-state index is 8.77. The van der Waals surface area contributed by atoms with Crippen molar-refractivity contribution in [3.8, 4) is 0 Å². The largest absolute Gasteiger partial charge is 0.396 e. The fraction of sp³-hybridized carbons (Fsp3) is 0.800. The number of hydrogen-bond donors (Lipinski definition) is 2. The first-order valence-electron chi connectivity index (χ1n) is 5.41. The summed E-state index contributed by atoms with van der Waals surface area (Å²) in [5.41, 5.74) is 0. The predicted octanol–water partition coefficient (Wildman–Crippen LogP) is 0.417. The van der Waals surface area contributed by atoms with Gasteiger partial charge in [0.15, 0.2) is 0 Å². The molecule has 1 unspecified atom stereocenters. The third-order valence-electron chi connectivity index (χ3n) is 2.39. The maximum atomic E-state index is 8.77. The molecule has 5 heteroatoms. The van der Waals surface area contributed by atoms with Gasteiger partial charge in [-0.25, -0.2) is 4.98 Å². The van der Waals surface area contributed by atoms with Crippen LogP contribution in [-0.4, -0.2) is 38.6 Å². The Kier molecular flexibility index (Phi) is 5.28. The standard InChI is InChI=1S/C10H20N4O/c1-9(13-10(2)4-6-15)3-5-14-8-11-7-12-14/h7-10,13,15H,3-6H2,1-2H3/t9?,10-/m1/s1. The monoisotopic (exact) mass is 212 g/mol. The lowest BCUT2D eigenvalue weighted by molar-refractivity contribution is 0.262. The lowest BCUT2D eigenvalue weighted by atomic mass is 10.2. The predicted molar refractivity (Wildman–Crippen MR) is 58.4 cm³/mol. The van der Waals surface area contributed by atoms with Crippen molar-refractivity contribution < 1.29 is 5.11 Å². The maximum Gasteiger partial charge on any atom is 0.137 e. The molecule has 1 aromatic rings. The SMILES string of the molecule is CC(CCn1cncn1)N[C@H](C)CCO. The molecule has 0 spiro atoms. The molecule has 0 bridgehead atoms. The van der Waals surface area contributed by atoms with Crippen LogP contribution in [-0.2, 0) is 6.54 Å². The summed E-state index contributed by atoms with van der Waals surface area (Å²) in [5.74, 6) is 0. The van der Waals surface area contributed by atoms with E-state index in [2.05, 4.69) is 29.2 Å². The summed E-state index contributed by atoms with van der Waals surface area (Å²) in [6, 6.07) is 0.788. The van der Waals surface area contributed by atoms with Gasteiger partial charge in [0.2, 0.25) is 0 Å². The molecule has 0 amide bonds. The van der Waals surface area contributed by atoms with E-state index in [4.69, 9.17) is 5.11 Å². The lowest BCUT2D eigenvalue weighted by Crippen LogP contribution is -2.35. The van der Waals surface area contributed by atoms with E-state index in [1.54, 1.807) is 12.7 Å². The van der Waals surface area contributed by atoms with E-state index in [-0.39, 0.29) is 6.61 Å². The van der Waals surface area contributed by atoms with Crippen LogP contribution in [0.25, 0.3) is 0 Å². The minimum absolute atomic E-state index is 0.240. The van der Waals surface area contributed by atoms with E-state index >= 15 is 0 Å². The van der Waals surface area contributed by atoms with Crippen molar-refractivity contribution in [2.45, 2.75) is 45.3 Å². The topological polar surface area (TPSA) is 63.0 Å². The van der Waals surface area contributed by atoms with Crippen molar-refractivity contribution in [3.63, 3.8) is 0 Å². The molecule has 86 valence electrons. The average molecular weight is 212 g/mol. The van der Waals surface area contributed by atoms with Crippen molar-refractivity contribution >= 4 is 0 Å². The van der Waals surface area contributed by atoms with Gasteiger partial charge < -0.3 is 10.4 Å². The van der Waals surface area contributed by atoms with Gasteiger partial charge in [0.05, 0.1) is 0 Å². The van der Waals surface area contributed by atoms with Gasteiger partial charge in [0, 0.05) is 25.2 Å². The van der Waals surface area contributed by atoms with Gasteiger partial charge in [-0.05, 0) is 26.7 Å². The van der Waals surface area contributed by atoms with Gasteiger partial charge in [-0.2, -0.15) is 5.10 Å². The smallest absolute Gasteiger partial charge is 0.137 e. The third kappa shape index (κ3) is 4.90. The molecule has 1 aromatic heterocycles. The van der Waals surface area contributed by atoms with E-state index in [0.717, 1.165) is 19.4 Å². The highest BCUT2D eigenvalue weighted by Gasteiger charge is 2.06. The van der Waals surface area contributed by atoms with E-state index in [1.807, 2.05) is 4.68 Å². The van der Waals surface area contributed by atoms with Crippen molar-refractivity contribution in [2.75, 3.05) is 6.61 Å². The molecule has 0 aliphatic heterocycles. The van der Waals surface area contributed by atoms with Crippen LogP contribution in [0.3, 0.4) is 0 Å². The van der Waals surface area contributed by atoms with Crippen LogP contribution in [0.2, 0.25) is 0 Å². The summed E-state index contributed by atoms with van der Waals surface area (Å²) >= 11 is 0. The fourth-order valence-electron chi connectivity index (χ4n) is 1.52. The van der Waals surface area contributed by atoms with E-state index < -0.39 is 0 Å². The molecule has 0 saturated heterocycles. The van der Waals surface area contributed by atoms with E-state index in [1.165, 1.54) is 0 Å². The van der Waals surface area contributed by atoms with Crippen LogP contribution in [0.4, 0.5) is 0 Å². The highest BCUT2D eigenvalue weighted by atomic mass is 16.3. The molecular formula is C10H20N4O. The number of aliphatic hydroxyl groups is 1. The number of aromatic nitrogens is 3.